The first-order chi connectivity index (χ1) is 16.6. The van der Waals surface area contributed by atoms with Crippen molar-refractivity contribution in [3.8, 4) is 11.3 Å². The molecule has 0 saturated carbocycles. The van der Waals surface area contributed by atoms with Crippen LogP contribution in [0.2, 0.25) is 0 Å². The number of nitrogens with one attached hydrogen (secondary N) is 2. The van der Waals surface area contributed by atoms with E-state index in [-0.39, 0.29) is 18.1 Å². The number of hydrogen-bond donors (Lipinski definition) is 3. The van der Waals surface area contributed by atoms with E-state index in [1.807, 2.05) is 0 Å². The number of H-pyrrole nitrogens is 2. The van der Waals surface area contributed by atoms with E-state index in [1.165, 1.54) is 44.9 Å². The van der Waals surface area contributed by atoms with Crippen LogP contribution in [0.4, 0.5) is 5.82 Å². The lowest BCUT2D eigenvalue weighted by atomic mass is 10.1. The summed E-state index contributed by atoms with van der Waals surface area (Å²) in [6.45, 7) is 5.45. The van der Waals surface area contributed by atoms with Crippen LogP contribution in [0.3, 0.4) is 0 Å². The summed E-state index contributed by atoms with van der Waals surface area (Å²) in [4.78, 5) is 49.8. The van der Waals surface area contributed by atoms with Crippen molar-refractivity contribution < 1.29 is 19.1 Å². The van der Waals surface area contributed by atoms with Gasteiger partial charge in [-0.2, -0.15) is 0 Å². The molecule has 2 saturated heterocycles. The average molecular weight is 473 g/mol. The predicted molar refractivity (Wildman–Crippen MR) is 124 cm³/mol. The lowest BCUT2D eigenvalue weighted by Crippen LogP contribution is -2.34. The molecule has 0 radical (unpaired) electrons. The third-order valence-electron chi connectivity index (χ3n) is 6.05. The van der Waals surface area contributed by atoms with Crippen molar-refractivity contribution in [1.82, 2.24) is 24.8 Å². The van der Waals surface area contributed by atoms with Crippen molar-refractivity contribution in [1.29, 1.82) is 0 Å². The van der Waals surface area contributed by atoms with Gasteiger partial charge in [0.15, 0.2) is 0 Å². The van der Waals surface area contributed by atoms with E-state index in [4.69, 9.17) is 19.1 Å². The number of rotatable bonds is 6. The molecule has 0 bridgehead atoms. The fraction of sp³-hybridized carbons (Fsp3) is 0.500. The minimum atomic E-state index is -0.561. The number of anilines is 1. The van der Waals surface area contributed by atoms with Crippen LogP contribution < -0.4 is 16.1 Å². The summed E-state index contributed by atoms with van der Waals surface area (Å²) in [7, 11) is 0. The summed E-state index contributed by atoms with van der Waals surface area (Å²) in [5.41, 5.74) is -0.432. The lowest BCUT2D eigenvalue weighted by molar-refractivity contribution is -0.122. The standard InChI is InChI=1S/C21H26N6O4.CH2O2/c28-19-16(11-22-21(29)25-19)17-10-15-18(23-13-24-20(15)31-17)27-7-4-14(12-27)30-9-8-26-5-2-1-3-6-26;2-1-3/h10-11,13-14H,1-9,12H2,(H2,22,25,28,29);1H,(H,2,3). The number of ether oxygens (including phenoxy) is 1. The van der Waals surface area contributed by atoms with Crippen molar-refractivity contribution in [2.75, 3.05) is 44.2 Å². The van der Waals surface area contributed by atoms with Crippen LogP contribution in [0.1, 0.15) is 25.7 Å². The Labute approximate surface area is 194 Å². The second-order valence-electron chi connectivity index (χ2n) is 8.25. The second kappa shape index (κ2) is 11.1. The van der Waals surface area contributed by atoms with Crippen LogP contribution >= 0.6 is 0 Å². The van der Waals surface area contributed by atoms with Gasteiger partial charge >= 0.3 is 5.69 Å². The topological polar surface area (TPSA) is 158 Å². The van der Waals surface area contributed by atoms with E-state index in [0.717, 1.165) is 43.9 Å². The van der Waals surface area contributed by atoms with Gasteiger partial charge in [-0.05, 0) is 38.4 Å². The normalized spacial score (nSPS) is 18.6. The molecule has 1 unspecified atom stereocenters. The van der Waals surface area contributed by atoms with Gasteiger partial charge in [-0.15, -0.1) is 0 Å². The average Bonchev–Trinajstić information content (AvgIpc) is 3.47. The number of aromatic nitrogens is 4. The predicted octanol–water partition coefficient (Wildman–Crippen LogP) is 1.05. The van der Waals surface area contributed by atoms with Gasteiger partial charge in [-0.25, -0.2) is 14.8 Å². The van der Waals surface area contributed by atoms with Crippen LogP contribution in [-0.2, 0) is 9.53 Å². The van der Waals surface area contributed by atoms with E-state index in [2.05, 4.69) is 29.7 Å². The minimum absolute atomic E-state index is 0.170. The first-order valence-corrected chi connectivity index (χ1v) is 11.3. The Morgan fingerprint density at radius 1 is 1.21 bits per heavy atom. The molecule has 2 fully saturated rings. The van der Waals surface area contributed by atoms with Gasteiger partial charge in [0.1, 0.15) is 17.9 Å². The third kappa shape index (κ3) is 5.51. The molecule has 3 aromatic rings. The number of furan rings is 1. The summed E-state index contributed by atoms with van der Waals surface area (Å²) >= 11 is 0. The molecule has 1 atom stereocenters. The van der Waals surface area contributed by atoms with Crippen LogP contribution in [0.5, 0.6) is 0 Å². The monoisotopic (exact) mass is 472 g/mol. The van der Waals surface area contributed by atoms with Gasteiger partial charge in [-0.3, -0.25) is 14.6 Å². The van der Waals surface area contributed by atoms with E-state index in [0.29, 0.717) is 11.5 Å². The smallest absolute Gasteiger partial charge is 0.325 e. The van der Waals surface area contributed by atoms with Crippen molar-refractivity contribution in [3.63, 3.8) is 0 Å². The molecule has 5 heterocycles. The Kier molecular flexibility index (Phi) is 7.70. The molecule has 0 amide bonds. The number of likely N-dealkylation sites (tertiary alicyclic amines) is 1. The molecule has 0 aromatic carbocycles. The summed E-state index contributed by atoms with van der Waals surface area (Å²) in [6.07, 6.45) is 7.84. The maximum atomic E-state index is 12.1. The zero-order valence-electron chi connectivity index (χ0n) is 18.7. The van der Waals surface area contributed by atoms with E-state index in [1.54, 1.807) is 6.07 Å². The van der Waals surface area contributed by atoms with Gasteiger partial charge in [-0.1, -0.05) is 6.42 Å². The highest BCUT2D eigenvalue weighted by Gasteiger charge is 2.27. The molecular weight excluding hydrogens is 444 g/mol. The number of hydrogen-bond acceptors (Lipinski definition) is 9. The zero-order chi connectivity index (χ0) is 23.9. The quantitative estimate of drug-likeness (QED) is 0.443. The SMILES string of the molecule is O=CO.O=c1[nH]cc(-c2cc3c(N4CCC(OCCN5CCCCC5)C4)ncnc3o2)c(=O)[nH]1. The first-order valence-electron chi connectivity index (χ1n) is 11.3. The van der Waals surface area contributed by atoms with Crippen molar-refractivity contribution in [2.24, 2.45) is 0 Å². The van der Waals surface area contributed by atoms with Crippen molar-refractivity contribution >= 4 is 23.4 Å². The maximum Gasteiger partial charge on any atom is 0.325 e. The van der Waals surface area contributed by atoms with Gasteiger partial charge in [0.2, 0.25) is 5.71 Å². The summed E-state index contributed by atoms with van der Waals surface area (Å²) in [5, 5.41) is 7.62. The minimum Gasteiger partial charge on any atom is -0.483 e. The highest BCUT2D eigenvalue weighted by atomic mass is 16.5. The molecule has 3 N–H and O–H groups in total. The summed E-state index contributed by atoms with van der Waals surface area (Å²) in [6, 6.07) is 1.75. The van der Waals surface area contributed by atoms with Crippen LogP contribution in [0, 0.1) is 0 Å². The van der Waals surface area contributed by atoms with Crippen molar-refractivity contribution in [2.45, 2.75) is 31.8 Å². The van der Waals surface area contributed by atoms with Crippen LogP contribution in [-0.4, -0.2) is 81.8 Å². The molecule has 2 aliphatic rings. The molecule has 182 valence electrons. The third-order valence-corrected chi connectivity index (χ3v) is 6.05. The Morgan fingerprint density at radius 3 is 2.76 bits per heavy atom. The molecule has 12 heteroatoms. The fourth-order valence-electron chi connectivity index (χ4n) is 4.41. The molecule has 0 spiro atoms. The second-order valence-corrected chi connectivity index (χ2v) is 8.25. The molecule has 5 rings (SSSR count). The van der Waals surface area contributed by atoms with E-state index >= 15 is 0 Å². The fourth-order valence-corrected chi connectivity index (χ4v) is 4.41. The highest BCUT2D eigenvalue weighted by Crippen LogP contribution is 2.31. The Bertz CT molecular complexity index is 1210. The Hall–Kier alpha value is -3.51. The van der Waals surface area contributed by atoms with E-state index in [9.17, 15) is 9.59 Å². The number of fused-ring (bicyclic) bond motifs is 1. The Morgan fingerprint density at radius 2 is 2.00 bits per heavy atom. The lowest BCUT2D eigenvalue weighted by Gasteiger charge is -2.26. The number of nitrogens with zero attached hydrogens (tertiary/aromatic N) is 4. The number of carbonyl (C=O) groups is 1. The number of aromatic amines is 2. The summed E-state index contributed by atoms with van der Waals surface area (Å²) in [5.74, 6) is 1.10. The number of piperidine rings is 1. The molecule has 0 aliphatic carbocycles. The molecule has 12 nitrogen and oxygen atoms in total. The summed E-state index contributed by atoms with van der Waals surface area (Å²) < 4.78 is 11.9. The van der Waals surface area contributed by atoms with Gasteiger partial charge in [0, 0.05) is 25.8 Å². The molecular formula is C22H28N6O6. The van der Waals surface area contributed by atoms with Crippen molar-refractivity contribution in [3.05, 3.63) is 39.4 Å². The molecule has 2 aliphatic heterocycles. The van der Waals surface area contributed by atoms with Gasteiger partial charge in [0.05, 0.1) is 23.7 Å². The maximum absolute atomic E-state index is 12.1. The molecule has 34 heavy (non-hydrogen) atoms. The molecule has 3 aromatic heterocycles. The van der Waals surface area contributed by atoms with Crippen LogP contribution in [0.25, 0.3) is 22.4 Å². The number of carboxylic acid groups (broad SMARTS) is 1. The van der Waals surface area contributed by atoms with Gasteiger partial charge < -0.3 is 29.0 Å². The van der Waals surface area contributed by atoms with E-state index < -0.39 is 11.2 Å². The Balaban J connectivity index is 0.000000868. The largest absolute Gasteiger partial charge is 0.483 e. The first kappa shape index (κ1) is 23.6. The zero-order valence-corrected chi connectivity index (χ0v) is 18.7. The highest BCUT2D eigenvalue weighted by molar-refractivity contribution is 5.89. The van der Waals surface area contributed by atoms with Gasteiger partial charge in [0.25, 0.3) is 12.0 Å². The van der Waals surface area contributed by atoms with Crippen LogP contribution in [0.15, 0.2) is 32.6 Å².